The van der Waals surface area contributed by atoms with E-state index in [4.69, 9.17) is 0 Å². The van der Waals surface area contributed by atoms with Gasteiger partial charge in [-0.1, -0.05) is 36.4 Å². The number of allylic oxidation sites excluding steroid dienone is 2. The quantitative estimate of drug-likeness (QED) is 0.786. The molecule has 3 atom stereocenters. The zero-order chi connectivity index (χ0) is 14.9. The van der Waals surface area contributed by atoms with Crippen LogP contribution in [0.25, 0.3) is 0 Å². The highest BCUT2D eigenvalue weighted by atomic mass is 15.3. The maximum absolute atomic E-state index is 2.72. The van der Waals surface area contributed by atoms with Crippen LogP contribution in [-0.2, 0) is 6.54 Å². The Hall–Kier alpha value is -1.12. The highest BCUT2D eigenvalue weighted by molar-refractivity contribution is 5.25. The molecule has 22 heavy (non-hydrogen) atoms. The summed E-state index contributed by atoms with van der Waals surface area (Å²) in [5.74, 6) is 2.75. The largest absolute Gasteiger partial charge is 0.300 e. The molecule has 1 aliphatic heterocycles. The molecule has 1 heterocycles. The van der Waals surface area contributed by atoms with Crippen molar-refractivity contribution in [2.45, 2.75) is 26.3 Å². The average molecular weight is 296 g/mol. The minimum absolute atomic E-state index is 0.898. The van der Waals surface area contributed by atoms with Crippen LogP contribution in [-0.4, -0.2) is 42.5 Å². The topological polar surface area (TPSA) is 6.48 Å². The molecule has 0 N–H and O–H groups in total. The Balaban J connectivity index is 1.26. The zero-order valence-corrected chi connectivity index (χ0v) is 13.7. The van der Waals surface area contributed by atoms with Gasteiger partial charge < -0.3 is 4.90 Å². The molecule has 0 unspecified atom stereocenters. The van der Waals surface area contributed by atoms with Crippen LogP contribution in [0.4, 0.5) is 0 Å². The molecule has 1 aromatic rings. The van der Waals surface area contributed by atoms with E-state index in [1.165, 1.54) is 56.7 Å². The Bertz CT molecular complexity index is 542. The molecular weight excluding hydrogens is 268 g/mol. The van der Waals surface area contributed by atoms with Crippen LogP contribution in [0.1, 0.15) is 24.0 Å². The summed E-state index contributed by atoms with van der Waals surface area (Å²) >= 11 is 0. The molecular formula is C20H28N2. The standard InChI is InChI=1S/C20H28N2/c1-16-4-2-3-5-19(16)14-21-8-10-22(11-9-21)15-20-13-17-6-7-18(20)12-17/h2-7,17-18,20H,8-15H2,1H3/t17-,18+,20-/m0/s1. The molecule has 0 radical (unpaired) electrons. The lowest BCUT2D eigenvalue weighted by molar-refractivity contribution is 0.108. The van der Waals surface area contributed by atoms with Crippen LogP contribution in [0.2, 0.25) is 0 Å². The maximum atomic E-state index is 2.72. The van der Waals surface area contributed by atoms with E-state index in [1.807, 2.05) is 0 Å². The molecule has 0 aromatic heterocycles. The summed E-state index contributed by atoms with van der Waals surface area (Å²) in [4.78, 5) is 5.34. The zero-order valence-electron chi connectivity index (χ0n) is 13.7. The number of rotatable bonds is 4. The second-order valence-corrected chi connectivity index (χ2v) is 7.54. The molecule has 1 saturated carbocycles. The lowest BCUT2D eigenvalue weighted by Gasteiger charge is -2.37. The summed E-state index contributed by atoms with van der Waals surface area (Å²) in [6.07, 6.45) is 7.84. The Morgan fingerprint density at radius 1 is 0.955 bits per heavy atom. The van der Waals surface area contributed by atoms with Crippen molar-refractivity contribution in [3.63, 3.8) is 0 Å². The van der Waals surface area contributed by atoms with Crippen molar-refractivity contribution in [2.75, 3.05) is 32.7 Å². The van der Waals surface area contributed by atoms with Gasteiger partial charge in [-0.25, -0.2) is 0 Å². The van der Waals surface area contributed by atoms with Gasteiger partial charge >= 0.3 is 0 Å². The smallest absolute Gasteiger partial charge is 0.0237 e. The molecule has 2 bridgehead atoms. The Kier molecular flexibility index (Phi) is 4.06. The number of hydrogen-bond donors (Lipinski definition) is 0. The number of aryl methyl sites for hydroxylation is 1. The molecule has 2 aliphatic carbocycles. The lowest BCUT2D eigenvalue weighted by Crippen LogP contribution is -2.47. The normalized spacial score (nSPS) is 32.0. The van der Waals surface area contributed by atoms with Gasteiger partial charge in [-0.05, 0) is 48.6 Å². The Morgan fingerprint density at radius 3 is 2.41 bits per heavy atom. The first-order valence-electron chi connectivity index (χ1n) is 8.95. The van der Waals surface area contributed by atoms with Crippen LogP contribution in [0, 0.1) is 24.7 Å². The number of nitrogens with zero attached hydrogens (tertiary/aromatic N) is 2. The van der Waals surface area contributed by atoms with Crippen molar-refractivity contribution in [1.29, 1.82) is 0 Å². The molecule has 1 saturated heterocycles. The van der Waals surface area contributed by atoms with E-state index in [9.17, 15) is 0 Å². The minimum Gasteiger partial charge on any atom is -0.300 e. The summed E-state index contributed by atoms with van der Waals surface area (Å²) in [6.45, 7) is 9.65. The summed E-state index contributed by atoms with van der Waals surface area (Å²) < 4.78 is 0. The number of benzene rings is 1. The highest BCUT2D eigenvalue weighted by Gasteiger charge is 2.36. The third-order valence-electron chi connectivity index (χ3n) is 6.03. The first-order valence-corrected chi connectivity index (χ1v) is 8.95. The Labute approximate surface area is 134 Å². The van der Waals surface area contributed by atoms with E-state index >= 15 is 0 Å². The number of hydrogen-bond acceptors (Lipinski definition) is 2. The van der Waals surface area contributed by atoms with Gasteiger partial charge in [0.2, 0.25) is 0 Å². The van der Waals surface area contributed by atoms with Crippen LogP contribution in [0.15, 0.2) is 36.4 Å². The van der Waals surface area contributed by atoms with E-state index < -0.39 is 0 Å². The van der Waals surface area contributed by atoms with E-state index in [0.29, 0.717) is 0 Å². The van der Waals surface area contributed by atoms with Crippen molar-refractivity contribution >= 4 is 0 Å². The van der Waals surface area contributed by atoms with Gasteiger partial charge in [0.05, 0.1) is 0 Å². The predicted octanol–water partition coefficient (Wildman–Crippen LogP) is 3.32. The molecule has 4 rings (SSSR count). The molecule has 118 valence electrons. The van der Waals surface area contributed by atoms with E-state index in [1.54, 1.807) is 0 Å². The summed E-state index contributed by atoms with van der Waals surface area (Å²) in [7, 11) is 0. The summed E-state index contributed by atoms with van der Waals surface area (Å²) in [5.41, 5.74) is 2.92. The van der Waals surface area contributed by atoms with Gasteiger partial charge in [-0.2, -0.15) is 0 Å². The van der Waals surface area contributed by atoms with Gasteiger partial charge in [0.15, 0.2) is 0 Å². The van der Waals surface area contributed by atoms with Crippen LogP contribution in [0.3, 0.4) is 0 Å². The minimum atomic E-state index is 0.898. The fourth-order valence-corrected chi connectivity index (χ4v) is 4.59. The average Bonchev–Trinajstić information content (AvgIpc) is 3.14. The highest BCUT2D eigenvalue weighted by Crippen LogP contribution is 2.43. The molecule has 0 amide bonds. The predicted molar refractivity (Wildman–Crippen MR) is 91.7 cm³/mol. The van der Waals surface area contributed by atoms with E-state index in [-0.39, 0.29) is 0 Å². The molecule has 1 aromatic carbocycles. The molecule has 2 nitrogen and oxygen atoms in total. The summed E-state index contributed by atoms with van der Waals surface area (Å²) in [6, 6.07) is 8.82. The molecule has 2 fully saturated rings. The van der Waals surface area contributed by atoms with Gasteiger partial charge in [-0.15, -0.1) is 0 Å². The van der Waals surface area contributed by atoms with Gasteiger partial charge in [0.25, 0.3) is 0 Å². The third kappa shape index (κ3) is 3.00. The molecule has 3 aliphatic rings. The van der Waals surface area contributed by atoms with E-state index in [0.717, 1.165) is 24.3 Å². The van der Waals surface area contributed by atoms with Crippen molar-refractivity contribution < 1.29 is 0 Å². The second-order valence-electron chi connectivity index (χ2n) is 7.54. The van der Waals surface area contributed by atoms with Gasteiger partial charge in [-0.3, -0.25) is 4.90 Å². The third-order valence-corrected chi connectivity index (χ3v) is 6.03. The fraction of sp³-hybridized carbons (Fsp3) is 0.600. The lowest BCUT2D eigenvalue weighted by atomic mass is 9.93. The van der Waals surface area contributed by atoms with Crippen molar-refractivity contribution in [3.05, 3.63) is 47.5 Å². The monoisotopic (exact) mass is 296 g/mol. The second kappa shape index (κ2) is 6.17. The molecule has 2 heteroatoms. The summed E-state index contributed by atoms with van der Waals surface area (Å²) in [5, 5.41) is 0. The van der Waals surface area contributed by atoms with Crippen molar-refractivity contribution in [1.82, 2.24) is 9.80 Å². The van der Waals surface area contributed by atoms with Gasteiger partial charge in [0.1, 0.15) is 0 Å². The number of piperazine rings is 1. The van der Waals surface area contributed by atoms with Crippen molar-refractivity contribution in [2.24, 2.45) is 17.8 Å². The maximum Gasteiger partial charge on any atom is 0.0237 e. The van der Waals surface area contributed by atoms with Crippen LogP contribution >= 0.6 is 0 Å². The van der Waals surface area contributed by atoms with Gasteiger partial charge in [0, 0.05) is 39.3 Å². The first kappa shape index (κ1) is 14.5. The molecule has 0 spiro atoms. The SMILES string of the molecule is Cc1ccccc1CN1CCN(C[C@@H]2C[C@H]3C=C[C@@H]2C3)CC1. The Morgan fingerprint density at radius 2 is 1.73 bits per heavy atom. The van der Waals surface area contributed by atoms with Crippen LogP contribution in [0.5, 0.6) is 0 Å². The van der Waals surface area contributed by atoms with Crippen LogP contribution < -0.4 is 0 Å². The van der Waals surface area contributed by atoms with Crippen molar-refractivity contribution in [3.8, 4) is 0 Å². The first-order chi connectivity index (χ1) is 10.8. The number of fused-ring (bicyclic) bond motifs is 2. The van der Waals surface area contributed by atoms with E-state index in [2.05, 4.69) is 53.1 Å². The fourth-order valence-electron chi connectivity index (χ4n) is 4.59.